The van der Waals surface area contributed by atoms with Crippen molar-refractivity contribution in [1.29, 1.82) is 0 Å². The SMILES string of the molecule is CC1CN(c2ncnc3c2oc2ccccc23)CC(c2ccccc2)O1. The Morgan fingerprint density at radius 2 is 1.77 bits per heavy atom. The molecule has 2 aromatic carbocycles. The minimum Gasteiger partial charge on any atom is -0.450 e. The highest BCUT2D eigenvalue weighted by molar-refractivity contribution is 6.05. The summed E-state index contributed by atoms with van der Waals surface area (Å²) in [5, 5.41) is 1.02. The molecule has 26 heavy (non-hydrogen) atoms. The Balaban J connectivity index is 1.58. The fourth-order valence-corrected chi connectivity index (χ4v) is 3.71. The van der Waals surface area contributed by atoms with Crippen molar-refractivity contribution in [3.63, 3.8) is 0 Å². The molecule has 5 rings (SSSR count). The van der Waals surface area contributed by atoms with Gasteiger partial charge in [0.25, 0.3) is 0 Å². The van der Waals surface area contributed by atoms with Crippen molar-refractivity contribution in [2.75, 3.05) is 18.0 Å². The van der Waals surface area contributed by atoms with Crippen LogP contribution in [0.2, 0.25) is 0 Å². The van der Waals surface area contributed by atoms with Gasteiger partial charge >= 0.3 is 0 Å². The average molecular weight is 345 g/mol. The number of benzene rings is 2. The van der Waals surface area contributed by atoms with Crippen molar-refractivity contribution in [2.24, 2.45) is 0 Å². The minimum atomic E-state index is 0.00865. The fourth-order valence-electron chi connectivity index (χ4n) is 3.71. The lowest BCUT2D eigenvalue weighted by molar-refractivity contribution is -0.0175. The first-order chi connectivity index (χ1) is 12.8. The van der Waals surface area contributed by atoms with Gasteiger partial charge in [-0.25, -0.2) is 9.97 Å². The molecule has 0 amide bonds. The van der Waals surface area contributed by atoms with E-state index in [4.69, 9.17) is 9.15 Å². The van der Waals surface area contributed by atoms with Crippen LogP contribution in [0, 0.1) is 0 Å². The van der Waals surface area contributed by atoms with Gasteiger partial charge in [-0.1, -0.05) is 42.5 Å². The number of anilines is 1. The highest BCUT2D eigenvalue weighted by Crippen LogP contribution is 2.35. The van der Waals surface area contributed by atoms with Gasteiger partial charge in [-0.05, 0) is 24.6 Å². The summed E-state index contributed by atoms with van der Waals surface area (Å²) >= 11 is 0. The number of hydrogen-bond acceptors (Lipinski definition) is 5. The van der Waals surface area contributed by atoms with Gasteiger partial charge in [0.15, 0.2) is 11.4 Å². The quantitative estimate of drug-likeness (QED) is 0.541. The largest absolute Gasteiger partial charge is 0.450 e. The molecule has 1 fully saturated rings. The summed E-state index contributed by atoms with van der Waals surface area (Å²) < 4.78 is 12.3. The minimum absolute atomic E-state index is 0.00865. The van der Waals surface area contributed by atoms with Crippen molar-refractivity contribution >= 4 is 27.9 Å². The summed E-state index contributed by atoms with van der Waals surface area (Å²) in [7, 11) is 0. The summed E-state index contributed by atoms with van der Waals surface area (Å²) in [4.78, 5) is 11.3. The Labute approximate surface area is 151 Å². The standard InChI is InChI=1S/C21H19N3O2/c1-14-11-24(12-18(25-14)15-7-3-2-4-8-15)21-20-19(22-13-23-21)16-9-5-6-10-17(16)26-20/h2-10,13-14,18H,11-12H2,1H3. The zero-order valence-electron chi connectivity index (χ0n) is 14.5. The van der Waals surface area contributed by atoms with Gasteiger partial charge in [0, 0.05) is 11.9 Å². The van der Waals surface area contributed by atoms with Crippen molar-refractivity contribution < 1.29 is 9.15 Å². The molecular weight excluding hydrogens is 326 g/mol. The third kappa shape index (κ3) is 2.52. The first-order valence-corrected chi connectivity index (χ1v) is 8.87. The van der Waals surface area contributed by atoms with Gasteiger partial charge in [-0.2, -0.15) is 0 Å². The highest BCUT2D eigenvalue weighted by atomic mass is 16.5. The van der Waals surface area contributed by atoms with Crippen molar-refractivity contribution in [3.8, 4) is 0 Å². The van der Waals surface area contributed by atoms with E-state index in [9.17, 15) is 0 Å². The number of morpholine rings is 1. The van der Waals surface area contributed by atoms with Gasteiger partial charge in [0.1, 0.15) is 23.5 Å². The molecule has 0 N–H and O–H groups in total. The topological polar surface area (TPSA) is 51.4 Å². The van der Waals surface area contributed by atoms with E-state index in [2.05, 4.69) is 33.9 Å². The first kappa shape index (κ1) is 15.3. The molecule has 0 spiro atoms. The number of aromatic nitrogens is 2. The number of ether oxygens (including phenoxy) is 1. The summed E-state index contributed by atoms with van der Waals surface area (Å²) in [5.74, 6) is 0.835. The number of furan rings is 1. The summed E-state index contributed by atoms with van der Waals surface area (Å²) in [6, 6.07) is 18.3. The number of fused-ring (bicyclic) bond motifs is 3. The van der Waals surface area contributed by atoms with Crippen molar-refractivity contribution in [1.82, 2.24) is 9.97 Å². The van der Waals surface area contributed by atoms with Gasteiger partial charge < -0.3 is 14.1 Å². The van der Waals surface area contributed by atoms with Crippen LogP contribution in [0.3, 0.4) is 0 Å². The molecule has 3 heterocycles. The van der Waals surface area contributed by atoms with Crippen LogP contribution in [0.15, 0.2) is 65.3 Å². The number of para-hydroxylation sites is 1. The van der Waals surface area contributed by atoms with Crippen LogP contribution in [0.25, 0.3) is 22.1 Å². The van der Waals surface area contributed by atoms with Crippen LogP contribution in [-0.4, -0.2) is 29.2 Å². The molecule has 130 valence electrons. The average Bonchev–Trinajstić information content (AvgIpc) is 3.07. The Hall–Kier alpha value is -2.92. The first-order valence-electron chi connectivity index (χ1n) is 8.87. The Morgan fingerprint density at radius 3 is 2.65 bits per heavy atom. The predicted molar refractivity (Wildman–Crippen MR) is 101 cm³/mol. The lowest BCUT2D eigenvalue weighted by atomic mass is 10.1. The van der Waals surface area contributed by atoms with Crippen LogP contribution in [0.1, 0.15) is 18.6 Å². The molecule has 4 aromatic rings. The monoisotopic (exact) mass is 345 g/mol. The number of nitrogens with zero attached hydrogens (tertiary/aromatic N) is 3. The van der Waals surface area contributed by atoms with Gasteiger partial charge in [-0.3, -0.25) is 0 Å². The number of hydrogen-bond donors (Lipinski definition) is 0. The maximum absolute atomic E-state index is 6.18. The molecule has 2 unspecified atom stereocenters. The van der Waals surface area contributed by atoms with Crippen LogP contribution >= 0.6 is 0 Å². The van der Waals surface area contributed by atoms with Crippen LogP contribution < -0.4 is 4.90 Å². The third-order valence-electron chi connectivity index (χ3n) is 4.87. The van der Waals surface area contributed by atoms with Gasteiger partial charge in [0.05, 0.1) is 12.6 Å². The van der Waals surface area contributed by atoms with Crippen LogP contribution in [0.4, 0.5) is 5.82 Å². The van der Waals surface area contributed by atoms with E-state index in [-0.39, 0.29) is 12.2 Å². The summed E-state index contributed by atoms with van der Waals surface area (Å²) in [5.41, 5.74) is 3.62. The van der Waals surface area contributed by atoms with E-state index in [1.165, 1.54) is 5.56 Å². The normalized spacial score (nSPS) is 20.7. The molecule has 0 saturated carbocycles. The van der Waals surface area contributed by atoms with Crippen molar-refractivity contribution in [3.05, 3.63) is 66.5 Å². The fraction of sp³-hybridized carbons (Fsp3) is 0.238. The summed E-state index contributed by atoms with van der Waals surface area (Å²) in [6.45, 7) is 3.60. The Morgan fingerprint density at radius 1 is 0.962 bits per heavy atom. The van der Waals surface area contributed by atoms with E-state index in [0.717, 1.165) is 41.0 Å². The Kier molecular flexibility index (Phi) is 3.60. The lowest BCUT2D eigenvalue weighted by Crippen LogP contribution is -2.43. The van der Waals surface area contributed by atoms with E-state index in [0.29, 0.717) is 0 Å². The smallest absolute Gasteiger partial charge is 0.196 e. The molecule has 0 bridgehead atoms. The molecule has 1 aliphatic heterocycles. The van der Waals surface area contributed by atoms with E-state index >= 15 is 0 Å². The Bertz CT molecular complexity index is 1060. The predicted octanol–water partition coefficient (Wildman–Crippen LogP) is 4.34. The second-order valence-corrected chi connectivity index (χ2v) is 6.72. The van der Waals surface area contributed by atoms with Crippen molar-refractivity contribution in [2.45, 2.75) is 19.1 Å². The molecule has 2 aromatic heterocycles. The highest BCUT2D eigenvalue weighted by Gasteiger charge is 2.29. The number of rotatable bonds is 2. The lowest BCUT2D eigenvalue weighted by Gasteiger charge is -2.37. The summed E-state index contributed by atoms with van der Waals surface area (Å²) in [6.07, 6.45) is 1.73. The maximum Gasteiger partial charge on any atom is 0.196 e. The van der Waals surface area contributed by atoms with E-state index in [1.54, 1.807) is 6.33 Å². The molecule has 1 aliphatic rings. The molecule has 2 atom stereocenters. The molecule has 5 nitrogen and oxygen atoms in total. The molecular formula is C21H19N3O2. The molecule has 1 saturated heterocycles. The maximum atomic E-state index is 6.18. The zero-order valence-corrected chi connectivity index (χ0v) is 14.5. The van der Waals surface area contributed by atoms with Gasteiger partial charge in [0.2, 0.25) is 0 Å². The molecule has 0 aliphatic carbocycles. The van der Waals surface area contributed by atoms with Crippen LogP contribution in [0.5, 0.6) is 0 Å². The second-order valence-electron chi connectivity index (χ2n) is 6.72. The van der Waals surface area contributed by atoms with Gasteiger partial charge in [-0.15, -0.1) is 0 Å². The molecule has 0 radical (unpaired) electrons. The van der Waals surface area contributed by atoms with E-state index in [1.807, 2.05) is 42.5 Å². The van der Waals surface area contributed by atoms with Crippen LogP contribution in [-0.2, 0) is 4.74 Å². The second kappa shape index (κ2) is 6.11. The third-order valence-corrected chi connectivity index (χ3v) is 4.87. The molecule has 5 heteroatoms. The zero-order chi connectivity index (χ0) is 17.5. The van der Waals surface area contributed by atoms with E-state index < -0.39 is 0 Å².